The van der Waals surface area contributed by atoms with E-state index < -0.39 is 0 Å². The van der Waals surface area contributed by atoms with Gasteiger partial charge in [0.2, 0.25) is 4.96 Å². The lowest BCUT2D eigenvalue weighted by atomic mass is 10.1. The Bertz CT molecular complexity index is 747. The van der Waals surface area contributed by atoms with Crippen molar-refractivity contribution < 1.29 is 4.74 Å². The van der Waals surface area contributed by atoms with Gasteiger partial charge in [-0.15, -0.1) is 10.2 Å². The van der Waals surface area contributed by atoms with E-state index in [2.05, 4.69) is 29.1 Å². The fourth-order valence-electron chi connectivity index (χ4n) is 2.18. The van der Waals surface area contributed by atoms with Crippen LogP contribution in [0.2, 0.25) is 0 Å². The Morgan fingerprint density at radius 1 is 1.24 bits per heavy atom. The summed E-state index contributed by atoms with van der Waals surface area (Å²) in [4.78, 5) is 0.826. The fourth-order valence-corrected chi connectivity index (χ4v) is 3.07. The van der Waals surface area contributed by atoms with E-state index in [1.54, 1.807) is 0 Å². The van der Waals surface area contributed by atoms with Crippen LogP contribution in [-0.4, -0.2) is 26.4 Å². The molecule has 3 aromatic rings. The maximum Gasteiger partial charge on any atom is 0.234 e. The number of aromatic nitrogens is 4. The van der Waals surface area contributed by atoms with E-state index in [0.29, 0.717) is 12.5 Å². The number of hydrogen-bond acceptors (Lipinski definition) is 5. The van der Waals surface area contributed by atoms with Crippen LogP contribution in [0, 0.1) is 5.92 Å². The van der Waals surface area contributed by atoms with Crippen LogP contribution in [0.4, 0.5) is 0 Å². The third-order valence-electron chi connectivity index (χ3n) is 3.06. The first kappa shape index (κ1) is 14.0. The molecule has 3 rings (SSSR count). The average molecular weight is 302 g/mol. The van der Waals surface area contributed by atoms with Crippen LogP contribution in [0.15, 0.2) is 24.3 Å². The van der Waals surface area contributed by atoms with Gasteiger partial charge in [-0.1, -0.05) is 37.3 Å². The van der Waals surface area contributed by atoms with Crippen molar-refractivity contribution in [1.82, 2.24) is 19.8 Å². The Morgan fingerprint density at radius 3 is 2.81 bits per heavy atom. The van der Waals surface area contributed by atoms with E-state index in [-0.39, 0.29) is 0 Å². The summed E-state index contributed by atoms with van der Waals surface area (Å²) in [5, 5.41) is 14.0. The lowest BCUT2D eigenvalue weighted by molar-refractivity contribution is 0.341. The van der Waals surface area contributed by atoms with Gasteiger partial charge in [-0.3, -0.25) is 0 Å². The summed E-state index contributed by atoms with van der Waals surface area (Å²) in [6.07, 6.45) is 0.872. The molecule has 0 aliphatic rings. The molecule has 2 heterocycles. The van der Waals surface area contributed by atoms with Gasteiger partial charge in [0.15, 0.2) is 10.8 Å². The van der Waals surface area contributed by atoms with Crippen LogP contribution in [0.3, 0.4) is 0 Å². The smallest absolute Gasteiger partial charge is 0.234 e. The minimum absolute atomic E-state index is 0.526. The van der Waals surface area contributed by atoms with E-state index in [1.165, 1.54) is 11.3 Å². The standard InChI is InChI=1S/C15H18N4OS/c1-4-20-12-8-6-5-7-11(12)14-18-19-13(9-10(2)3)16-17-15(19)21-14/h5-8,10H,4,9H2,1-3H3. The average Bonchev–Trinajstić information content (AvgIpc) is 3.01. The lowest BCUT2D eigenvalue weighted by Gasteiger charge is -2.06. The summed E-state index contributed by atoms with van der Waals surface area (Å²) >= 11 is 1.54. The van der Waals surface area contributed by atoms with Crippen molar-refractivity contribution >= 4 is 16.3 Å². The number of para-hydroxylation sites is 1. The van der Waals surface area contributed by atoms with Gasteiger partial charge in [0.05, 0.1) is 12.2 Å². The second-order valence-electron chi connectivity index (χ2n) is 5.24. The van der Waals surface area contributed by atoms with E-state index in [0.717, 1.165) is 33.5 Å². The number of hydrogen-bond donors (Lipinski definition) is 0. The van der Waals surface area contributed by atoms with E-state index >= 15 is 0 Å². The zero-order valence-electron chi connectivity index (χ0n) is 12.4. The molecule has 110 valence electrons. The molecule has 0 bridgehead atoms. The van der Waals surface area contributed by atoms with Crippen molar-refractivity contribution in [2.75, 3.05) is 6.61 Å². The molecule has 0 atom stereocenters. The highest BCUT2D eigenvalue weighted by Gasteiger charge is 2.16. The van der Waals surface area contributed by atoms with Crippen molar-refractivity contribution in [1.29, 1.82) is 0 Å². The van der Waals surface area contributed by atoms with Crippen molar-refractivity contribution in [2.45, 2.75) is 27.2 Å². The largest absolute Gasteiger partial charge is 0.493 e. The molecule has 0 aliphatic carbocycles. The molecule has 0 amide bonds. The zero-order valence-corrected chi connectivity index (χ0v) is 13.2. The minimum Gasteiger partial charge on any atom is -0.493 e. The normalized spacial score (nSPS) is 11.4. The summed E-state index contributed by atoms with van der Waals surface area (Å²) in [5.41, 5.74) is 1.00. The molecule has 0 unspecified atom stereocenters. The maximum absolute atomic E-state index is 5.68. The number of ether oxygens (including phenoxy) is 1. The minimum atomic E-state index is 0.526. The topological polar surface area (TPSA) is 52.3 Å². The summed E-state index contributed by atoms with van der Waals surface area (Å²) in [5.74, 6) is 2.30. The van der Waals surface area contributed by atoms with Crippen LogP contribution in [0.1, 0.15) is 26.6 Å². The van der Waals surface area contributed by atoms with Gasteiger partial charge < -0.3 is 4.74 Å². The zero-order chi connectivity index (χ0) is 14.8. The van der Waals surface area contributed by atoms with E-state index in [1.807, 2.05) is 35.7 Å². The first-order valence-corrected chi connectivity index (χ1v) is 7.94. The lowest BCUT2D eigenvalue weighted by Crippen LogP contribution is -2.01. The Hall–Kier alpha value is -1.95. The van der Waals surface area contributed by atoms with Crippen LogP contribution < -0.4 is 4.74 Å². The number of benzene rings is 1. The summed E-state index contributed by atoms with van der Waals surface area (Å²) in [6, 6.07) is 7.96. The summed E-state index contributed by atoms with van der Waals surface area (Å²) in [6.45, 7) is 6.95. The Kier molecular flexibility index (Phi) is 3.88. The molecule has 6 heteroatoms. The maximum atomic E-state index is 5.68. The molecule has 0 N–H and O–H groups in total. The van der Waals surface area contributed by atoms with Crippen LogP contribution >= 0.6 is 11.3 Å². The number of fused-ring (bicyclic) bond motifs is 1. The Labute approximate surface area is 127 Å². The Morgan fingerprint density at radius 2 is 2.05 bits per heavy atom. The predicted molar refractivity (Wildman–Crippen MR) is 83.8 cm³/mol. The van der Waals surface area contributed by atoms with Crippen molar-refractivity contribution in [3.8, 4) is 16.3 Å². The Balaban J connectivity index is 2.03. The monoisotopic (exact) mass is 302 g/mol. The van der Waals surface area contributed by atoms with E-state index in [9.17, 15) is 0 Å². The van der Waals surface area contributed by atoms with Gasteiger partial charge in [0, 0.05) is 6.42 Å². The molecule has 5 nitrogen and oxygen atoms in total. The van der Waals surface area contributed by atoms with Crippen molar-refractivity contribution in [3.05, 3.63) is 30.1 Å². The van der Waals surface area contributed by atoms with Gasteiger partial charge in [0.25, 0.3) is 0 Å². The van der Waals surface area contributed by atoms with Gasteiger partial charge in [-0.2, -0.15) is 9.61 Å². The number of rotatable bonds is 5. The second-order valence-corrected chi connectivity index (χ2v) is 6.20. The molecule has 1 aromatic carbocycles. The van der Waals surface area contributed by atoms with Gasteiger partial charge in [0.1, 0.15) is 5.75 Å². The molecule has 0 saturated carbocycles. The third-order valence-corrected chi connectivity index (χ3v) is 4.00. The van der Waals surface area contributed by atoms with Gasteiger partial charge in [-0.05, 0) is 25.0 Å². The molecular formula is C15H18N4OS. The van der Waals surface area contributed by atoms with Gasteiger partial charge in [-0.25, -0.2) is 0 Å². The van der Waals surface area contributed by atoms with Crippen LogP contribution in [0.5, 0.6) is 5.75 Å². The molecule has 0 spiro atoms. The molecule has 0 aliphatic heterocycles. The summed E-state index contributed by atoms with van der Waals surface area (Å²) in [7, 11) is 0. The quantitative estimate of drug-likeness (QED) is 0.724. The predicted octanol–water partition coefficient (Wildman–Crippen LogP) is 3.45. The number of nitrogens with zero attached hydrogens (tertiary/aromatic N) is 4. The molecule has 2 aromatic heterocycles. The van der Waals surface area contributed by atoms with Crippen molar-refractivity contribution in [2.24, 2.45) is 5.92 Å². The molecule has 0 saturated heterocycles. The first-order chi connectivity index (χ1) is 10.2. The van der Waals surface area contributed by atoms with E-state index in [4.69, 9.17) is 4.74 Å². The molecule has 0 radical (unpaired) electrons. The highest BCUT2D eigenvalue weighted by Crippen LogP contribution is 2.33. The van der Waals surface area contributed by atoms with Gasteiger partial charge >= 0.3 is 0 Å². The van der Waals surface area contributed by atoms with Crippen LogP contribution in [0.25, 0.3) is 15.5 Å². The van der Waals surface area contributed by atoms with Crippen LogP contribution in [-0.2, 0) is 6.42 Å². The highest BCUT2D eigenvalue weighted by atomic mass is 32.1. The summed E-state index contributed by atoms with van der Waals surface area (Å²) < 4.78 is 7.53. The second kappa shape index (κ2) is 5.81. The molecular weight excluding hydrogens is 284 g/mol. The van der Waals surface area contributed by atoms with Crippen molar-refractivity contribution in [3.63, 3.8) is 0 Å². The molecule has 0 fully saturated rings. The third kappa shape index (κ3) is 2.76. The molecule has 21 heavy (non-hydrogen) atoms. The SMILES string of the molecule is CCOc1ccccc1-c1nn2c(CC(C)C)nnc2s1. The fraction of sp³-hybridized carbons (Fsp3) is 0.400. The first-order valence-electron chi connectivity index (χ1n) is 7.12. The highest BCUT2D eigenvalue weighted by molar-refractivity contribution is 7.19.